The Morgan fingerprint density at radius 1 is 1.22 bits per heavy atom. The number of amides is 1. The molecule has 0 saturated carbocycles. The Balaban J connectivity index is 4.65. The third kappa shape index (κ3) is 7.90. The summed E-state index contributed by atoms with van der Waals surface area (Å²) in [5.41, 5.74) is -0.693. The molecule has 0 fully saturated rings. The van der Waals surface area contributed by atoms with Gasteiger partial charge in [0.2, 0.25) is 5.91 Å². The van der Waals surface area contributed by atoms with E-state index in [2.05, 4.69) is 25.2 Å². The monoisotopic (exact) mass is 323 g/mol. The number of carbonyl (C=O) groups is 2. The van der Waals surface area contributed by atoms with E-state index in [1.165, 1.54) is 19.9 Å². The fourth-order valence-electron chi connectivity index (χ4n) is 1.80. The summed E-state index contributed by atoms with van der Waals surface area (Å²) in [4.78, 5) is 23.1. The molecule has 0 heterocycles. The molecular formula is C18H29NO4. The molecule has 3 N–H and O–H groups in total. The molecule has 0 bridgehead atoms. The van der Waals surface area contributed by atoms with Crippen molar-refractivity contribution in [2.24, 2.45) is 5.92 Å². The molecule has 0 unspecified atom stereocenters. The highest BCUT2D eigenvalue weighted by Crippen LogP contribution is 2.11. The molecular weight excluding hydrogens is 294 g/mol. The van der Waals surface area contributed by atoms with E-state index in [9.17, 15) is 19.8 Å². The molecule has 0 aromatic rings. The molecule has 0 spiro atoms. The fourth-order valence-corrected chi connectivity index (χ4v) is 1.80. The third-order valence-corrected chi connectivity index (χ3v) is 3.80. The average molecular weight is 323 g/mol. The predicted molar refractivity (Wildman–Crippen MR) is 91.8 cm³/mol. The van der Waals surface area contributed by atoms with Crippen LogP contribution >= 0.6 is 0 Å². The van der Waals surface area contributed by atoms with E-state index in [4.69, 9.17) is 0 Å². The third-order valence-electron chi connectivity index (χ3n) is 3.80. The van der Waals surface area contributed by atoms with Crippen LogP contribution in [0.5, 0.6) is 0 Å². The highest BCUT2D eigenvalue weighted by molar-refractivity contribution is 5.90. The van der Waals surface area contributed by atoms with Crippen molar-refractivity contribution >= 4 is 11.7 Å². The van der Waals surface area contributed by atoms with Crippen molar-refractivity contribution in [2.75, 3.05) is 6.61 Å². The van der Waals surface area contributed by atoms with Gasteiger partial charge >= 0.3 is 0 Å². The van der Waals surface area contributed by atoms with Gasteiger partial charge in [-0.15, -0.1) is 0 Å². The van der Waals surface area contributed by atoms with Gasteiger partial charge in [0.05, 0.1) is 12.6 Å². The molecule has 0 rings (SSSR count). The Hall–Kier alpha value is -1.72. The summed E-state index contributed by atoms with van der Waals surface area (Å²) >= 11 is 0. The van der Waals surface area contributed by atoms with Crippen LogP contribution in [0.15, 0.2) is 36.0 Å². The number of allylic oxidation sites excluding steroid dienone is 5. The van der Waals surface area contributed by atoms with Gasteiger partial charge in [0.25, 0.3) is 0 Å². The topological polar surface area (TPSA) is 86.6 Å². The summed E-state index contributed by atoms with van der Waals surface area (Å²) in [6.07, 6.45) is 9.71. The Bertz CT molecular complexity index is 489. The van der Waals surface area contributed by atoms with Crippen LogP contribution in [0.3, 0.4) is 0 Å². The van der Waals surface area contributed by atoms with E-state index < -0.39 is 29.9 Å². The smallest absolute Gasteiger partial charge is 0.244 e. The van der Waals surface area contributed by atoms with E-state index in [1.807, 2.05) is 13.0 Å². The number of nitrogens with one attached hydrogen (secondary N) is 1. The zero-order chi connectivity index (χ0) is 18.0. The van der Waals surface area contributed by atoms with Gasteiger partial charge in [0.15, 0.2) is 5.78 Å². The number of aliphatic hydroxyl groups is 2. The van der Waals surface area contributed by atoms with Gasteiger partial charge in [0.1, 0.15) is 5.60 Å². The van der Waals surface area contributed by atoms with Crippen LogP contribution in [0, 0.1) is 5.92 Å². The molecule has 130 valence electrons. The minimum atomic E-state index is -1.80. The molecule has 0 aromatic heterocycles. The normalized spacial score (nSPS) is 18.0. The van der Waals surface area contributed by atoms with Crippen molar-refractivity contribution in [3.63, 3.8) is 0 Å². The predicted octanol–water partition coefficient (Wildman–Crippen LogP) is 1.91. The average Bonchev–Trinajstić information content (AvgIpc) is 2.48. The number of carbonyl (C=O) groups excluding carboxylic acids is 2. The second-order valence-corrected chi connectivity index (χ2v) is 5.96. The lowest BCUT2D eigenvalue weighted by molar-refractivity contribution is -0.139. The molecule has 1 amide bonds. The number of aliphatic hydroxyl groups excluding tert-OH is 1. The number of Topliss-reactive ketones (excluding diaryl/α,β-unsaturated/α-hetero) is 1. The summed E-state index contributed by atoms with van der Waals surface area (Å²) in [6.45, 7) is 8.19. The molecule has 5 heteroatoms. The van der Waals surface area contributed by atoms with E-state index in [0.29, 0.717) is 5.92 Å². The van der Waals surface area contributed by atoms with Gasteiger partial charge in [-0.1, -0.05) is 50.1 Å². The minimum Gasteiger partial charge on any atom is -0.394 e. The van der Waals surface area contributed by atoms with Gasteiger partial charge in [-0.2, -0.15) is 0 Å². The van der Waals surface area contributed by atoms with Gasteiger partial charge in [-0.05, 0) is 26.7 Å². The molecule has 0 saturated heterocycles. The molecule has 0 aliphatic carbocycles. The zero-order valence-electron chi connectivity index (χ0n) is 14.7. The summed E-state index contributed by atoms with van der Waals surface area (Å²) in [5.74, 6) is -0.503. The van der Waals surface area contributed by atoms with Crippen LogP contribution in [0.2, 0.25) is 0 Å². The zero-order valence-corrected chi connectivity index (χ0v) is 14.7. The standard InChI is InChI=1S/C18H29NO4/c1-6-13(2)11-14(3)9-7-8-10-17(22)19-16(12-20)18(5,23)15(4)21/h7-11,13,16,20,23H,6,12H2,1-5H3,(H,19,22)/b9-7+,10-8+,14-11+/t13-,16+,18+/m0/s1. The number of hydrogen-bond donors (Lipinski definition) is 3. The summed E-state index contributed by atoms with van der Waals surface area (Å²) < 4.78 is 0. The van der Waals surface area contributed by atoms with Gasteiger partial charge in [-0.3, -0.25) is 9.59 Å². The first-order valence-corrected chi connectivity index (χ1v) is 7.83. The van der Waals surface area contributed by atoms with Crippen molar-refractivity contribution in [3.05, 3.63) is 36.0 Å². The largest absolute Gasteiger partial charge is 0.394 e. The van der Waals surface area contributed by atoms with Crippen molar-refractivity contribution in [1.29, 1.82) is 0 Å². The van der Waals surface area contributed by atoms with Crippen LogP contribution in [0.1, 0.15) is 41.0 Å². The van der Waals surface area contributed by atoms with Gasteiger partial charge < -0.3 is 15.5 Å². The van der Waals surface area contributed by atoms with Crippen LogP contribution < -0.4 is 5.32 Å². The lowest BCUT2D eigenvalue weighted by atomic mass is 9.93. The van der Waals surface area contributed by atoms with Crippen molar-refractivity contribution in [1.82, 2.24) is 5.32 Å². The van der Waals surface area contributed by atoms with Crippen LogP contribution in [-0.4, -0.2) is 40.2 Å². The second-order valence-electron chi connectivity index (χ2n) is 5.96. The van der Waals surface area contributed by atoms with E-state index in [0.717, 1.165) is 12.0 Å². The van der Waals surface area contributed by atoms with E-state index >= 15 is 0 Å². The molecule has 0 aliphatic heterocycles. The van der Waals surface area contributed by atoms with Gasteiger partial charge in [-0.25, -0.2) is 0 Å². The molecule has 0 aromatic carbocycles. The van der Waals surface area contributed by atoms with E-state index in [-0.39, 0.29) is 0 Å². The van der Waals surface area contributed by atoms with E-state index in [1.54, 1.807) is 12.2 Å². The minimum absolute atomic E-state index is 0.487. The maximum atomic E-state index is 11.8. The molecule has 5 nitrogen and oxygen atoms in total. The first kappa shape index (κ1) is 21.3. The first-order chi connectivity index (χ1) is 10.6. The van der Waals surface area contributed by atoms with Crippen LogP contribution in [-0.2, 0) is 9.59 Å². The molecule has 0 radical (unpaired) electrons. The second kappa shape index (κ2) is 10.1. The van der Waals surface area contributed by atoms with Crippen molar-refractivity contribution in [3.8, 4) is 0 Å². The van der Waals surface area contributed by atoms with Crippen molar-refractivity contribution in [2.45, 2.75) is 52.7 Å². The Morgan fingerprint density at radius 2 is 1.78 bits per heavy atom. The first-order valence-electron chi connectivity index (χ1n) is 7.83. The molecule has 3 atom stereocenters. The molecule has 23 heavy (non-hydrogen) atoms. The lowest BCUT2D eigenvalue weighted by Gasteiger charge is -2.29. The van der Waals surface area contributed by atoms with Gasteiger partial charge in [0, 0.05) is 6.08 Å². The number of ketones is 1. The Morgan fingerprint density at radius 3 is 2.26 bits per heavy atom. The highest BCUT2D eigenvalue weighted by Gasteiger charge is 2.36. The summed E-state index contributed by atoms with van der Waals surface area (Å²) in [6, 6.07) is -1.05. The molecule has 0 aliphatic rings. The fraction of sp³-hybridized carbons (Fsp3) is 0.556. The van der Waals surface area contributed by atoms with Crippen molar-refractivity contribution < 1.29 is 19.8 Å². The Kier molecular flexibility index (Phi) is 9.37. The summed E-state index contributed by atoms with van der Waals surface area (Å²) in [7, 11) is 0. The quantitative estimate of drug-likeness (QED) is 0.447. The summed E-state index contributed by atoms with van der Waals surface area (Å²) in [5, 5.41) is 21.6. The SMILES string of the molecule is CC[C@H](C)/C=C(C)/C=C/C=C/C(=O)N[C@H](CO)[C@](C)(O)C(C)=O. The lowest BCUT2D eigenvalue weighted by Crippen LogP contribution is -2.56. The Labute approximate surface area is 138 Å². The highest BCUT2D eigenvalue weighted by atomic mass is 16.3. The van der Waals surface area contributed by atoms with Crippen LogP contribution in [0.25, 0.3) is 0 Å². The number of hydrogen-bond acceptors (Lipinski definition) is 4. The number of rotatable bonds is 9. The van der Waals surface area contributed by atoms with Crippen LogP contribution in [0.4, 0.5) is 0 Å². The maximum absolute atomic E-state index is 11.8. The maximum Gasteiger partial charge on any atom is 0.244 e.